The molecular formula is C24H27N5O3. The van der Waals surface area contributed by atoms with Crippen LogP contribution in [-0.2, 0) is 34.8 Å². The fraction of sp³-hybridized carbons (Fsp3) is 0.458. The standard InChI is InChI=1S/C24H27N5O3/c30-21-6-5-19(22(31)26-21)29-14-17-12-16(3-4-18(17)23(29)32)13-28-11-10-27-9-1-2-20(27)24(28)7-8-25-15-24/h1-4,9,12,19,25H,5-8,10-11,13-15H2,(H,26,30,31). The first-order valence-corrected chi connectivity index (χ1v) is 11.4. The second-order valence-electron chi connectivity index (χ2n) is 9.36. The summed E-state index contributed by atoms with van der Waals surface area (Å²) in [4.78, 5) is 41.0. The molecule has 1 aromatic heterocycles. The molecule has 2 unspecified atom stereocenters. The quantitative estimate of drug-likeness (QED) is 0.704. The van der Waals surface area contributed by atoms with Gasteiger partial charge in [0.1, 0.15) is 6.04 Å². The number of nitrogens with one attached hydrogen (secondary N) is 2. The second-order valence-corrected chi connectivity index (χ2v) is 9.36. The highest BCUT2D eigenvalue weighted by molar-refractivity contribution is 6.05. The normalized spacial score (nSPS) is 27.7. The molecule has 0 saturated carbocycles. The van der Waals surface area contributed by atoms with Crippen molar-refractivity contribution in [2.45, 2.75) is 50.5 Å². The maximum Gasteiger partial charge on any atom is 0.255 e. The third-order valence-electron chi connectivity index (χ3n) is 7.62. The number of amides is 3. The number of piperidine rings is 1. The number of benzene rings is 1. The molecule has 3 amide bonds. The van der Waals surface area contributed by atoms with Crippen molar-refractivity contribution in [3.8, 4) is 0 Å². The average molecular weight is 434 g/mol. The first kappa shape index (κ1) is 19.7. The number of fused-ring (bicyclic) bond motifs is 3. The molecule has 2 N–H and O–H groups in total. The first-order chi connectivity index (χ1) is 15.5. The van der Waals surface area contributed by atoms with E-state index >= 15 is 0 Å². The van der Waals surface area contributed by atoms with Crippen LogP contribution in [0, 0.1) is 0 Å². The van der Waals surface area contributed by atoms with E-state index in [1.54, 1.807) is 4.90 Å². The summed E-state index contributed by atoms with van der Waals surface area (Å²) in [6.07, 6.45) is 3.93. The predicted molar refractivity (Wildman–Crippen MR) is 116 cm³/mol. The van der Waals surface area contributed by atoms with Crippen molar-refractivity contribution in [1.82, 2.24) is 25.0 Å². The Hall–Kier alpha value is -2.97. The van der Waals surface area contributed by atoms with Crippen molar-refractivity contribution in [3.63, 3.8) is 0 Å². The number of aromatic nitrogens is 1. The van der Waals surface area contributed by atoms with Gasteiger partial charge in [0.25, 0.3) is 5.91 Å². The number of imide groups is 1. The summed E-state index contributed by atoms with van der Waals surface area (Å²) in [5, 5.41) is 5.92. The second kappa shape index (κ2) is 7.28. The van der Waals surface area contributed by atoms with E-state index in [2.05, 4.69) is 50.6 Å². The Morgan fingerprint density at radius 1 is 1.12 bits per heavy atom. The summed E-state index contributed by atoms with van der Waals surface area (Å²) < 4.78 is 2.38. The summed E-state index contributed by atoms with van der Waals surface area (Å²) in [6, 6.07) is 9.91. The van der Waals surface area contributed by atoms with E-state index in [1.165, 1.54) is 11.3 Å². The number of hydrogen-bond donors (Lipinski definition) is 2. The molecule has 1 spiro atoms. The molecule has 0 bridgehead atoms. The monoisotopic (exact) mass is 433 g/mol. The fourth-order valence-corrected chi connectivity index (χ4v) is 5.98. The minimum absolute atomic E-state index is 0.00927. The molecule has 4 aliphatic rings. The van der Waals surface area contributed by atoms with E-state index in [0.29, 0.717) is 18.5 Å². The molecule has 32 heavy (non-hydrogen) atoms. The topological polar surface area (TPSA) is 86.7 Å². The highest BCUT2D eigenvalue weighted by Crippen LogP contribution is 2.39. The van der Waals surface area contributed by atoms with Gasteiger partial charge in [-0.3, -0.25) is 24.6 Å². The lowest BCUT2D eigenvalue weighted by molar-refractivity contribution is -0.136. The lowest BCUT2D eigenvalue weighted by Gasteiger charge is -2.45. The minimum atomic E-state index is -0.571. The highest BCUT2D eigenvalue weighted by Gasteiger charge is 2.45. The maximum atomic E-state index is 13.0. The lowest BCUT2D eigenvalue weighted by atomic mass is 9.89. The largest absolute Gasteiger partial charge is 0.348 e. The molecule has 2 atom stereocenters. The summed E-state index contributed by atoms with van der Waals surface area (Å²) in [7, 11) is 0. The summed E-state index contributed by atoms with van der Waals surface area (Å²) in [5.41, 5.74) is 4.22. The lowest BCUT2D eigenvalue weighted by Crippen LogP contribution is -2.53. The fourth-order valence-electron chi connectivity index (χ4n) is 5.98. The van der Waals surface area contributed by atoms with Gasteiger partial charge >= 0.3 is 0 Å². The van der Waals surface area contributed by atoms with Gasteiger partial charge in [0.05, 0.1) is 5.54 Å². The van der Waals surface area contributed by atoms with Gasteiger partial charge in [-0.15, -0.1) is 0 Å². The van der Waals surface area contributed by atoms with Crippen LogP contribution in [0.25, 0.3) is 0 Å². The number of carbonyl (C=O) groups excluding carboxylic acids is 3. The van der Waals surface area contributed by atoms with Crippen LogP contribution in [0.15, 0.2) is 36.5 Å². The number of hydrogen-bond acceptors (Lipinski definition) is 5. The Labute approximate surface area is 186 Å². The molecule has 8 heteroatoms. The molecular weight excluding hydrogens is 406 g/mol. The van der Waals surface area contributed by atoms with E-state index < -0.39 is 6.04 Å². The minimum Gasteiger partial charge on any atom is -0.348 e. The zero-order valence-corrected chi connectivity index (χ0v) is 18.0. The van der Waals surface area contributed by atoms with Crippen molar-refractivity contribution in [3.05, 3.63) is 58.9 Å². The Bertz CT molecular complexity index is 1120. The summed E-state index contributed by atoms with van der Waals surface area (Å²) in [5.74, 6) is -0.747. The van der Waals surface area contributed by atoms with Gasteiger partial charge in [-0.2, -0.15) is 0 Å². The smallest absolute Gasteiger partial charge is 0.255 e. The van der Waals surface area contributed by atoms with Crippen LogP contribution in [0.2, 0.25) is 0 Å². The van der Waals surface area contributed by atoms with Crippen molar-refractivity contribution >= 4 is 17.7 Å². The van der Waals surface area contributed by atoms with Crippen molar-refractivity contribution in [2.24, 2.45) is 0 Å². The van der Waals surface area contributed by atoms with Crippen LogP contribution in [0.5, 0.6) is 0 Å². The van der Waals surface area contributed by atoms with E-state index in [1.807, 2.05) is 6.07 Å². The highest BCUT2D eigenvalue weighted by atomic mass is 16.2. The molecule has 166 valence electrons. The Morgan fingerprint density at radius 3 is 2.84 bits per heavy atom. The molecule has 8 nitrogen and oxygen atoms in total. The third kappa shape index (κ3) is 2.93. The number of nitrogens with zero attached hydrogens (tertiary/aromatic N) is 3. The Morgan fingerprint density at radius 2 is 2.03 bits per heavy atom. The van der Waals surface area contributed by atoms with Crippen LogP contribution in [-0.4, -0.2) is 57.8 Å². The van der Waals surface area contributed by atoms with Crippen molar-refractivity contribution < 1.29 is 14.4 Å². The third-order valence-corrected chi connectivity index (χ3v) is 7.62. The van der Waals surface area contributed by atoms with Gasteiger partial charge in [0.15, 0.2) is 0 Å². The molecule has 0 radical (unpaired) electrons. The number of carbonyl (C=O) groups is 3. The van der Waals surface area contributed by atoms with Crippen molar-refractivity contribution in [2.75, 3.05) is 19.6 Å². The van der Waals surface area contributed by atoms with E-state index in [4.69, 9.17) is 0 Å². The van der Waals surface area contributed by atoms with Gasteiger partial charge in [0, 0.05) is 56.6 Å². The zero-order valence-electron chi connectivity index (χ0n) is 18.0. The molecule has 2 aromatic rings. The Balaban J connectivity index is 1.24. The molecule has 4 aliphatic heterocycles. The van der Waals surface area contributed by atoms with Gasteiger partial charge in [0.2, 0.25) is 11.8 Å². The summed E-state index contributed by atoms with van der Waals surface area (Å²) in [6.45, 7) is 5.18. The van der Waals surface area contributed by atoms with Gasteiger partial charge < -0.3 is 14.8 Å². The number of rotatable bonds is 3. The molecule has 0 aliphatic carbocycles. The summed E-state index contributed by atoms with van der Waals surface area (Å²) >= 11 is 0. The molecule has 2 saturated heterocycles. The predicted octanol–water partition coefficient (Wildman–Crippen LogP) is 0.954. The molecule has 6 rings (SSSR count). The van der Waals surface area contributed by atoms with Crippen molar-refractivity contribution in [1.29, 1.82) is 0 Å². The van der Waals surface area contributed by atoms with E-state index in [9.17, 15) is 14.4 Å². The van der Waals surface area contributed by atoms with E-state index in [-0.39, 0.29) is 29.7 Å². The molecule has 2 fully saturated rings. The van der Waals surface area contributed by atoms with Gasteiger partial charge in [-0.05, 0) is 48.7 Å². The molecule has 5 heterocycles. The van der Waals surface area contributed by atoms with Crippen LogP contribution in [0.4, 0.5) is 0 Å². The first-order valence-electron chi connectivity index (χ1n) is 11.4. The maximum absolute atomic E-state index is 13.0. The van der Waals surface area contributed by atoms with Gasteiger partial charge in [-0.1, -0.05) is 12.1 Å². The zero-order chi connectivity index (χ0) is 21.9. The average Bonchev–Trinajstić information content (AvgIpc) is 3.51. The van der Waals surface area contributed by atoms with E-state index in [0.717, 1.165) is 44.7 Å². The van der Waals surface area contributed by atoms with Crippen LogP contribution < -0.4 is 10.6 Å². The SMILES string of the molecule is O=C1CCC(N2Cc3cc(CN4CCn5cccc5C45CCNC5)ccc3C2=O)C(=O)N1. The van der Waals surface area contributed by atoms with Crippen LogP contribution in [0.1, 0.15) is 46.4 Å². The molecule has 1 aromatic carbocycles. The van der Waals surface area contributed by atoms with Gasteiger partial charge in [-0.25, -0.2) is 0 Å². The Kier molecular flexibility index (Phi) is 4.48. The van der Waals surface area contributed by atoms with Crippen LogP contribution >= 0.6 is 0 Å². The van der Waals surface area contributed by atoms with Crippen LogP contribution in [0.3, 0.4) is 0 Å².